The number of furan rings is 1. The minimum absolute atomic E-state index is 0.0555. The third-order valence-corrected chi connectivity index (χ3v) is 3.99. The van der Waals surface area contributed by atoms with Gasteiger partial charge in [-0.1, -0.05) is 0 Å². The lowest BCUT2D eigenvalue weighted by molar-refractivity contribution is 0.101. The van der Waals surface area contributed by atoms with Crippen LogP contribution in [0, 0.1) is 29.1 Å². The van der Waals surface area contributed by atoms with Gasteiger partial charge in [0.2, 0.25) is 5.82 Å². The lowest BCUT2D eigenvalue weighted by Crippen LogP contribution is -2.19. The van der Waals surface area contributed by atoms with Crippen LogP contribution in [0.4, 0.5) is 27.6 Å². The monoisotopic (exact) mass is 413 g/mol. The minimum Gasteiger partial charge on any atom is -0.495 e. The number of ether oxygens (including phenoxy) is 1. The third kappa shape index (κ3) is 3.66. The number of halogens is 5. The van der Waals surface area contributed by atoms with Crippen molar-refractivity contribution in [3.8, 4) is 17.1 Å². The largest absolute Gasteiger partial charge is 0.495 e. The van der Waals surface area contributed by atoms with Crippen LogP contribution in [0.5, 0.6) is 5.75 Å². The molecule has 0 unspecified atom stereocenters. The lowest BCUT2D eigenvalue weighted by Gasteiger charge is -2.13. The fraction of sp³-hybridized carbons (Fsp3) is 0.105. The molecular formula is C19H12F5NO4. The summed E-state index contributed by atoms with van der Waals surface area (Å²) in [5, 5.41) is 11.1. The second kappa shape index (κ2) is 7.92. The van der Waals surface area contributed by atoms with E-state index in [-0.39, 0.29) is 23.8 Å². The van der Waals surface area contributed by atoms with Crippen LogP contribution in [0.3, 0.4) is 0 Å². The predicted molar refractivity (Wildman–Crippen MR) is 90.8 cm³/mol. The van der Waals surface area contributed by atoms with E-state index in [0.717, 1.165) is 0 Å². The molecule has 29 heavy (non-hydrogen) atoms. The molecule has 0 radical (unpaired) electrons. The summed E-state index contributed by atoms with van der Waals surface area (Å²) in [6.07, 6.45) is 0. The number of amides is 1. The molecule has 3 rings (SSSR count). The maximum absolute atomic E-state index is 13.9. The van der Waals surface area contributed by atoms with Crippen molar-refractivity contribution < 1.29 is 41.0 Å². The zero-order chi connectivity index (χ0) is 21.3. The van der Waals surface area contributed by atoms with Gasteiger partial charge >= 0.3 is 0 Å². The van der Waals surface area contributed by atoms with Crippen LogP contribution in [0.15, 0.2) is 34.7 Å². The normalized spacial score (nSPS) is 10.9. The highest BCUT2D eigenvalue weighted by Crippen LogP contribution is 2.32. The molecule has 0 atom stereocenters. The van der Waals surface area contributed by atoms with E-state index in [2.05, 4.69) is 5.32 Å². The summed E-state index contributed by atoms with van der Waals surface area (Å²) in [6.45, 7) is -0.347. The summed E-state index contributed by atoms with van der Waals surface area (Å²) in [7, 11) is 1.25. The van der Waals surface area contributed by atoms with E-state index in [1.54, 1.807) is 0 Å². The first-order valence-electron chi connectivity index (χ1n) is 7.99. The zero-order valence-corrected chi connectivity index (χ0v) is 14.7. The molecule has 2 N–H and O–H groups in total. The van der Waals surface area contributed by atoms with Gasteiger partial charge in [0.25, 0.3) is 5.91 Å². The molecule has 0 saturated heterocycles. The molecule has 0 aliphatic rings. The Hall–Kier alpha value is -3.40. The SMILES string of the molecule is COc1ccc(-c2ccc(CO)o2)cc1NC(=O)c1c(F)c(F)c(F)c(F)c1F. The Balaban J connectivity index is 2.02. The van der Waals surface area contributed by atoms with E-state index < -0.39 is 40.6 Å². The van der Waals surface area contributed by atoms with Gasteiger partial charge in [-0.05, 0) is 30.3 Å². The smallest absolute Gasteiger partial charge is 0.261 e. The molecule has 1 heterocycles. The highest BCUT2D eigenvalue weighted by atomic mass is 19.2. The van der Waals surface area contributed by atoms with Crippen molar-refractivity contribution in [2.24, 2.45) is 0 Å². The molecule has 0 aliphatic carbocycles. The van der Waals surface area contributed by atoms with Gasteiger partial charge < -0.3 is 19.6 Å². The Labute approximate surface area is 160 Å². The van der Waals surface area contributed by atoms with Crippen molar-refractivity contribution in [2.75, 3.05) is 12.4 Å². The summed E-state index contributed by atoms with van der Waals surface area (Å²) in [5.74, 6) is -12.3. The van der Waals surface area contributed by atoms with Gasteiger partial charge in [0.1, 0.15) is 29.4 Å². The average Bonchev–Trinajstić information content (AvgIpc) is 3.20. The number of methoxy groups -OCH3 is 1. The van der Waals surface area contributed by atoms with Crippen LogP contribution in [-0.2, 0) is 6.61 Å². The highest BCUT2D eigenvalue weighted by Gasteiger charge is 2.30. The number of anilines is 1. The van der Waals surface area contributed by atoms with Crippen molar-refractivity contribution in [3.05, 3.63) is 70.7 Å². The quantitative estimate of drug-likeness (QED) is 0.370. The van der Waals surface area contributed by atoms with Crippen molar-refractivity contribution in [3.63, 3.8) is 0 Å². The number of aliphatic hydroxyl groups is 1. The maximum Gasteiger partial charge on any atom is 0.261 e. The molecule has 0 saturated carbocycles. The maximum atomic E-state index is 13.9. The Morgan fingerprint density at radius 1 is 1.00 bits per heavy atom. The molecule has 5 nitrogen and oxygen atoms in total. The third-order valence-electron chi connectivity index (χ3n) is 3.99. The van der Waals surface area contributed by atoms with Crippen LogP contribution >= 0.6 is 0 Å². The van der Waals surface area contributed by atoms with Gasteiger partial charge in [-0.3, -0.25) is 4.79 Å². The fourth-order valence-corrected chi connectivity index (χ4v) is 2.57. The predicted octanol–water partition coefficient (Wildman–Crippen LogP) is 4.40. The summed E-state index contributed by atoms with van der Waals surface area (Å²) < 4.78 is 78.1. The summed E-state index contributed by atoms with van der Waals surface area (Å²) in [6, 6.07) is 7.27. The topological polar surface area (TPSA) is 71.7 Å². The first kappa shape index (κ1) is 20.3. The summed E-state index contributed by atoms with van der Waals surface area (Å²) >= 11 is 0. The molecule has 1 amide bonds. The second-order valence-corrected chi connectivity index (χ2v) is 5.74. The minimum atomic E-state index is -2.37. The molecule has 0 spiro atoms. The second-order valence-electron chi connectivity index (χ2n) is 5.74. The number of hydrogen-bond acceptors (Lipinski definition) is 4. The number of carbonyl (C=O) groups is 1. The Kier molecular flexibility index (Phi) is 5.55. The number of nitrogens with one attached hydrogen (secondary N) is 1. The standard InChI is InChI=1S/C19H12F5NO4/c1-28-12-4-2-8(11-5-3-9(7-26)29-11)6-10(12)25-19(27)13-14(20)16(22)18(24)17(23)15(13)21/h2-6,26H,7H2,1H3,(H,25,27). The van der Waals surface area contributed by atoms with Gasteiger partial charge in [-0.15, -0.1) is 0 Å². The highest BCUT2D eigenvalue weighted by molar-refractivity contribution is 6.05. The zero-order valence-electron chi connectivity index (χ0n) is 14.7. The van der Waals surface area contributed by atoms with Crippen LogP contribution in [0.1, 0.15) is 16.1 Å². The molecule has 3 aromatic rings. The first-order chi connectivity index (χ1) is 13.8. The Bertz CT molecular complexity index is 1070. The van der Waals surface area contributed by atoms with Gasteiger partial charge in [0.05, 0.1) is 12.8 Å². The molecule has 1 aromatic heterocycles. The number of hydrogen-bond donors (Lipinski definition) is 2. The van der Waals surface area contributed by atoms with Crippen LogP contribution in [0.25, 0.3) is 11.3 Å². The van der Waals surface area contributed by atoms with E-state index in [9.17, 15) is 26.7 Å². The van der Waals surface area contributed by atoms with Crippen molar-refractivity contribution in [1.82, 2.24) is 0 Å². The van der Waals surface area contributed by atoms with Crippen molar-refractivity contribution in [2.45, 2.75) is 6.61 Å². The fourth-order valence-electron chi connectivity index (χ4n) is 2.57. The number of rotatable bonds is 5. The van der Waals surface area contributed by atoms with Gasteiger partial charge in [-0.25, -0.2) is 22.0 Å². The van der Waals surface area contributed by atoms with Gasteiger partial charge in [-0.2, -0.15) is 0 Å². The van der Waals surface area contributed by atoms with E-state index in [1.807, 2.05) is 0 Å². The summed E-state index contributed by atoms with van der Waals surface area (Å²) in [4.78, 5) is 12.3. The lowest BCUT2D eigenvalue weighted by atomic mass is 10.1. The average molecular weight is 413 g/mol. The molecule has 10 heteroatoms. The number of benzene rings is 2. The van der Waals surface area contributed by atoms with E-state index in [4.69, 9.17) is 14.3 Å². The molecular weight excluding hydrogens is 401 g/mol. The molecule has 0 bridgehead atoms. The molecule has 0 aliphatic heterocycles. The molecule has 0 fully saturated rings. The van der Waals surface area contributed by atoms with E-state index in [1.165, 1.54) is 37.4 Å². The van der Waals surface area contributed by atoms with E-state index >= 15 is 0 Å². The summed E-state index contributed by atoms with van der Waals surface area (Å²) in [5.41, 5.74) is -1.35. The number of aliphatic hydroxyl groups excluding tert-OH is 1. The van der Waals surface area contributed by atoms with Crippen molar-refractivity contribution in [1.29, 1.82) is 0 Å². The van der Waals surface area contributed by atoms with Crippen LogP contribution in [-0.4, -0.2) is 18.1 Å². The molecule has 2 aromatic carbocycles. The van der Waals surface area contributed by atoms with Gasteiger partial charge in [0.15, 0.2) is 23.3 Å². The van der Waals surface area contributed by atoms with E-state index in [0.29, 0.717) is 11.3 Å². The molecule has 152 valence electrons. The van der Waals surface area contributed by atoms with Gasteiger partial charge in [0, 0.05) is 5.56 Å². The number of carbonyl (C=O) groups excluding carboxylic acids is 1. The van der Waals surface area contributed by atoms with Crippen LogP contribution in [0.2, 0.25) is 0 Å². The Morgan fingerprint density at radius 3 is 2.17 bits per heavy atom. The first-order valence-corrected chi connectivity index (χ1v) is 7.99. The van der Waals surface area contributed by atoms with Crippen molar-refractivity contribution >= 4 is 11.6 Å². The Morgan fingerprint density at radius 2 is 1.62 bits per heavy atom. The van der Waals surface area contributed by atoms with Crippen LogP contribution < -0.4 is 10.1 Å².